The second-order valence-corrected chi connectivity index (χ2v) is 5.98. The second-order valence-electron chi connectivity index (χ2n) is 5.65. The molecule has 1 aromatic heterocycles. The third-order valence-electron chi connectivity index (χ3n) is 4.01. The molecular weight excluding hydrogens is 274 g/mol. The van der Waals surface area contributed by atoms with E-state index in [4.69, 9.17) is 11.6 Å². The summed E-state index contributed by atoms with van der Waals surface area (Å²) in [4.78, 5) is 15.0. The Morgan fingerprint density at radius 2 is 1.75 bits per heavy atom. The molecular formula is C14H24ClN5. The lowest BCUT2D eigenvalue weighted by Crippen LogP contribution is -2.37. The van der Waals surface area contributed by atoms with Gasteiger partial charge in [0.25, 0.3) is 0 Å². The van der Waals surface area contributed by atoms with E-state index in [1.807, 2.05) is 0 Å². The number of anilines is 2. The zero-order valence-electron chi connectivity index (χ0n) is 12.6. The van der Waals surface area contributed by atoms with E-state index in [0.717, 1.165) is 25.9 Å². The topological polar surface area (TPSA) is 53.9 Å². The van der Waals surface area contributed by atoms with Crippen LogP contribution in [0.4, 0.5) is 11.9 Å². The molecule has 0 aliphatic heterocycles. The average molecular weight is 298 g/mol. The van der Waals surface area contributed by atoms with Gasteiger partial charge in [-0.3, -0.25) is 0 Å². The molecule has 0 atom stereocenters. The van der Waals surface area contributed by atoms with E-state index in [9.17, 15) is 0 Å². The smallest absolute Gasteiger partial charge is 0.231 e. The number of rotatable bonds is 5. The first-order valence-corrected chi connectivity index (χ1v) is 7.89. The molecule has 0 unspecified atom stereocenters. The standard InChI is InChI=1S/C14H24ClN5/c1-4-20(5-2)13-17-11(15)16-12(18-13)19-14(3)9-7-6-8-10-14/h4-10H2,1-3H3,(H,16,17,18,19). The fourth-order valence-corrected chi connectivity index (χ4v) is 2.93. The van der Waals surface area contributed by atoms with Crippen molar-refractivity contribution in [2.75, 3.05) is 23.3 Å². The van der Waals surface area contributed by atoms with Crippen LogP contribution >= 0.6 is 11.6 Å². The maximum absolute atomic E-state index is 6.04. The van der Waals surface area contributed by atoms with Crippen LogP contribution in [0.2, 0.25) is 5.28 Å². The molecule has 1 heterocycles. The summed E-state index contributed by atoms with van der Waals surface area (Å²) >= 11 is 6.04. The number of nitrogens with zero attached hydrogens (tertiary/aromatic N) is 4. The number of aromatic nitrogens is 3. The van der Waals surface area contributed by atoms with Gasteiger partial charge in [-0.05, 0) is 45.2 Å². The quantitative estimate of drug-likeness (QED) is 0.901. The van der Waals surface area contributed by atoms with Gasteiger partial charge in [0.2, 0.25) is 17.2 Å². The van der Waals surface area contributed by atoms with Crippen molar-refractivity contribution in [1.82, 2.24) is 15.0 Å². The van der Waals surface area contributed by atoms with E-state index >= 15 is 0 Å². The Hall–Kier alpha value is -1.10. The zero-order chi connectivity index (χ0) is 14.6. The molecule has 112 valence electrons. The van der Waals surface area contributed by atoms with Gasteiger partial charge < -0.3 is 10.2 Å². The van der Waals surface area contributed by atoms with Crippen LogP contribution in [0.25, 0.3) is 0 Å². The molecule has 2 rings (SSSR count). The first kappa shape index (κ1) is 15.3. The molecule has 5 nitrogen and oxygen atoms in total. The van der Waals surface area contributed by atoms with Gasteiger partial charge >= 0.3 is 0 Å². The van der Waals surface area contributed by atoms with Gasteiger partial charge in [0, 0.05) is 18.6 Å². The van der Waals surface area contributed by atoms with Crippen molar-refractivity contribution >= 4 is 23.5 Å². The third kappa shape index (κ3) is 3.72. The summed E-state index contributed by atoms with van der Waals surface area (Å²) < 4.78 is 0. The van der Waals surface area contributed by atoms with E-state index < -0.39 is 0 Å². The van der Waals surface area contributed by atoms with Crippen molar-refractivity contribution in [3.63, 3.8) is 0 Å². The molecule has 20 heavy (non-hydrogen) atoms. The average Bonchev–Trinajstić information content (AvgIpc) is 2.39. The molecule has 0 aromatic carbocycles. The Bertz CT molecular complexity index is 441. The molecule has 6 heteroatoms. The van der Waals surface area contributed by atoms with E-state index in [0.29, 0.717) is 11.9 Å². The highest BCUT2D eigenvalue weighted by Crippen LogP contribution is 2.30. The SMILES string of the molecule is CCN(CC)c1nc(Cl)nc(NC2(C)CCCCC2)n1. The monoisotopic (exact) mass is 297 g/mol. The molecule has 0 radical (unpaired) electrons. The first-order chi connectivity index (χ1) is 9.56. The number of hydrogen-bond donors (Lipinski definition) is 1. The van der Waals surface area contributed by atoms with Crippen LogP contribution < -0.4 is 10.2 Å². The first-order valence-electron chi connectivity index (χ1n) is 7.51. The van der Waals surface area contributed by atoms with Gasteiger partial charge in [0.15, 0.2) is 0 Å². The minimum Gasteiger partial charge on any atom is -0.349 e. The van der Waals surface area contributed by atoms with Gasteiger partial charge in [-0.25, -0.2) is 0 Å². The Balaban J connectivity index is 2.19. The predicted molar refractivity (Wildman–Crippen MR) is 83.5 cm³/mol. The van der Waals surface area contributed by atoms with E-state index in [1.54, 1.807) is 0 Å². The van der Waals surface area contributed by atoms with Crippen LogP contribution in [0.5, 0.6) is 0 Å². The normalized spacial score (nSPS) is 17.8. The van der Waals surface area contributed by atoms with Crippen molar-refractivity contribution < 1.29 is 0 Å². The lowest BCUT2D eigenvalue weighted by atomic mass is 9.83. The summed E-state index contributed by atoms with van der Waals surface area (Å²) in [6.45, 7) is 8.11. The molecule has 1 saturated carbocycles. The fraction of sp³-hybridized carbons (Fsp3) is 0.786. The summed E-state index contributed by atoms with van der Waals surface area (Å²) in [5, 5.41) is 3.72. The summed E-state index contributed by atoms with van der Waals surface area (Å²) in [5.41, 5.74) is 0.0729. The second kappa shape index (κ2) is 6.57. The van der Waals surface area contributed by atoms with Crippen LogP contribution in [0.1, 0.15) is 52.9 Å². The number of halogens is 1. The minimum absolute atomic E-state index is 0.0729. The number of hydrogen-bond acceptors (Lipinski definition) is 5. The lowest BCUT2D eigenvalue weighted by Gasteiger charge is -2.34. The Kier molecular flexibility index (Phi) is 5.02. The summed E-state index contributed by atoms with van der Waals surface area (Å²) in [6.07, 6.45) is 6.13. The van der Waals surface area contributed by atoms with Crippen molar-refractivity contribution in [3.8, 4) is 0 Å². The number of nitrogens with one attached hydrogen (secondary N) is 1. The van der Waals surface area contributed by atoms with Crippen LogP contribution in [0.3, 0.4) is 0 Å². The van der Waals surface area contributed by atoms with Crippen LogP contribution in [0, 0.1) is 0 Å². The Labute approximate surface area is 126 Å². The highest BCUT2D eigenvalue weighted by Gasteiger charge is 2.27. The molecule has 0 spiro atoms. The van der Waals surface area contributed by atoms with Gasteiger partial charge in [0.05, 0.1) is 0 Å². The summed E-state index contributed by atoms with van der Waals surface area (Å²) in [6, 6.07) is 0. The van der Waals surface area contributed by atoms with Crippen LogP contribution in [-0.4, -0.2) is 33.6 Å². The van der Waals surface area contributed by atoms with Crippen molar-refractivity contribution in [1.29, 1.82) is 0 Å². The van der Waals surface area contributed by atoms with Gasteiger partial charge in [0.1, 0.15) is 0 Å². The molecule has 1 fully saturated rings. The largest absolute Gasteiger partial charge is 0.349 e. The van der Waals surface area contributed by atoms with E-state index in [2.05, 4.69) is 45.9 Å². The molecule has 1 N–H and O–H groups in total. The van der Waals surface area contributed by atoms with Crippen LogP contribution in [0.15, 0.2) is 0 Å². The highest BCUT2D eigenvalue weighted by atomic mass is 35.5. The molecule has 0 amide bonds. The maximum atomic E-state index is 6.04. The van der Waals surface area contributed by atoms with Crippen molar-refractivity contribution in [2.24, 2.45) is 0 Å². The Morgan fingerprint density at radius 3 is 2.35 bits per heavy atom. The van der Waals surface area contributed by atoms with Crippen LogP contribution in [-0.2, 0) is 0 Å². The maximum Gasteiger partial charge on any atom is 0.231 e. The van der Waals surface area contributed by atoms with Crippen molar-refractivity contribution in [2.45, 2.75) is 58.4 Å². The predicted octanol–water partition coefficient (Wildman–Crippen LogP) is 3.51. The van der Waals surface area contributed by atoms with Crippen molar-refractivity contribution in [3.05, 3.63) is 5.28 Å². The third-order valence-corrected chi connectivity index (χ3v) is 4.18. The molecule has 0 bridgehead atoms. The highest BCUT2D eigenvalue weighted by molar-refractivity contribution is 6.28. The minimum atomic E-state index is 0.0729. The Morgan fingerprint density at radius 1 is 1.10 bits per heavy atom. The fourth-order valence-electron chi connectivity index (χ4n) is 2.77. The lowest BCUT2D eigenvalue weighted by molar-refractivity contribution is 0.347. The van der Waals surface area contributed by atoms with Gasteiger partial charge in [-0.15, -0.1) is 0 Å². The molecule has 1 aliphatic rings. The summed E-state index contributed by atoms with van der Waals surface area (Å²) in [5.74, 6) is 1.24. The molecule has 0 saturated heterocycles. The van der Waals surface area contributed by atoms with E-state index in [1.165, 1.54) is 19.3 Å². The summed E-state index contributed by atoms with van der Waals surface area (Å²) in [7, 11) is 0. The molecule has 1 aromatic rings. The zero-order valence-corrected chi connectivity index (χ0v) is 13.4. The van der Waals surface area contributed by atoms with E-state index in [-0.39, 0.29) is 10.8 Å². The van der Waals surface area contributed by atoms with Gasteiger partial charge in [-0.2, -0.15) is 15.0 Å². The van der Waals surface area contributed by atoms with Gasteiger partial charge in [-0.1, -0.05) is 19.3 Å². The molecule has 1 aliphatic carbocycles.